The third-order valence-electron chi connectivity index (χ3n) is 1.98. The number of anilines is 1. The van der Waals surface area contributed by atoms with Gasteiger partial charge in [0, 0.05) is 0 Å². The van der Waals surface area contributed by atoms with E-state index in [4.69, 9.17) is 9.84 Å². The fourth-order valence-electron chi connectivity index (χ4n) is 1.39. The van der Waals surface area contributed by atoms with Gasteiger partial charge in [0.2, 0.25) is 5.88 Å². The first kappa shape index (κ1) is 16.0. The number of nitrogens with zero attached hydrogens (tertiary/aromatic N) is 3. The summed E-state index contributed by atoms with van der Waals surface area (Å²) in [6, 6.07) is 0. The van der Waals surface area contributed by atoms with E-state index in [2.05, 4.69) is 9.97 Å². The Bertz CT molecular complexity index is 466. The summed E-state index contributed by atoms with van der Waals surface area (Å²) in [6.45, 7) is 1.18. The van der Waals surface area contributed by atoms with Gasteiger partial charge in [-0.25, -0.2) is 0 Å². The number of ether oxygens (including phenoxy) is 1. The Labute approximate surface area is 113 Å². The van der Waals surface area contributed by atoms with Crippen molar-refractivity contribution in [3.63, 3.8) is 0 Å². The smallest absolute Gasteiger partial charge is 0.405 e. The zero-order valence-corrected chi connectivity index (χ0v) is 10.9. The molecule has 0 amide bonds. The predicted molar refractivity (Wildman–Crippen MR) is 63.7 cm³/mol. The van der Waals surface area contributed by atoms with E-state index in [9.17, 15) is 18.0 Å². The van der Waals surface area contributed by atoms with Gasteiger partial charge in [-0.2, -0.15) is 18.2 Å². The van der Waals surface area contributed by atoms with Crippen molar-refractivity contribution in [1.82, 2.24) is 9.97 Å². The molecular weight excluding hydrogens is 279 g/mol. The van der Waals surface area contributed by atoms with E-state index in [0.717, 1.165) is 6.20 Å². The van der Waals surface area contributed by atoms with Crippen molar-refractivity contribution in [2.75, 3.05) is 18.0 Å². The summed E-state index contributed by atoms with van der Waals surface area (Å²) >= 11 is 0. The molecule has 0 fully saturated rings. The molecule has 20 heavy (non-hydrogen) atoms. The fraction of sp³-hybridized carbons (Fsp3) is 0.545. The second kappa shape index (κ2) is 6.40. The van der Waals surface area contributed by atoms with Crippen molar-refractivity contribution in [1.29, 1.82) is 0 Å². The lowest BCUT2D eigenvalue weighted by atomic mass is 10.4. The van der Waals surface area contributed by atoms with Gasteiger partial charge in [0.15, 0.2) is 5.82 Å². The molecule has 0 aliphatic heterocycles. The highest BCUT2D eigenvalue weighted by Gasteiger charge is 2.32. The molecule has 0 radical (unpaired) electrons. The van der Waals surface area contributed by atoms with E-state index < -0.39 is 25.2 Å². The number of hydrogen-bond donors (Lipinski definition) is 1. The molecule has 0 aliphatic carbocycles. The van der Waals surface area contributed by atoms with E-state index in [-0.39, 0.29) is 17.8 Å². The molecule has 0 spiro atoms. The van der Waals surface area contributed by atoms with Crippen LogP contribution in [0.3, 0.4) is 0 Å². The molecule has 1 N–H and O–H groups in total. The normalized spacial score (nSPS) is 11.5. The van der Waals surface area contributed by atoms with Crippen molar-refractivity contribution >= 4 is 11.8 Å². The first-order valence-corrected chi connectivity index (χ1v) is 5.69. The zero-order valence-electron chi connectivity index (χ0n) is 10.9. The highest BCUT2D eigenvalue weighted by molar-refractivity contribution is 5.73. The maximum absolute atomic E-state index is 12.4. The van der Waals surface area contributed by atoms with Crippen LogP contribution in [0.2, 0.25) is 0 Å². The van der Waals surface area contributed by atoms with Gasteiger partial charge >= 0.3 is 12.1 Å². The van der Waals surface area contributed by atoms with Crippen LogP contribution < -0.4 is 9.64 Å². The van der Waals surface area contributed by atoms with E-state index in [1.807, 2.05) is 0 Å². The summed E-state index contributed by atoms with van der Waals surface area (Å²) < 4.78 is 42.5. The Balaban J connectivity index is 2.97. The number of halogens is 3. The van der Waals surface area contributed by atoms with Gasteiger partial charge in [-0.1, -0.05) is 0 Å². The third-order valence-corrected chi connectivity index (χ3v) is 1.98. The van der Waals surface area contributed by atoms with Crippen molar-refractivity contribution in [2.24, 2.45) is 0 Å². The summed E-state index contributed by atoms with van der Waals surface area (Å²) in [4.78, 5) is 18.7. The van der Waals surface area contributed by atoms with Crippen LogP contribution in [0.1, 0.15) is 13.8 Å². The second-order valence-electron chi connectivity index (χ2n) is 4.25. The minimum Gasteiger partial charge on any atom is -0.480 e. The van der Waals surface area contributed by atoms with Gasteiger partial charge in [-0.05, 0) is 13.8 Å². The lowest BCUT2D eigenvalue weighted by Gasteiger charge is -2.23. The molecule has 6 nitrogen and oxygen atoms in total. The summed E-state index contributed by atoms with van der Waals surface area (Å²) in [5.41, 5.74) is 0. The van der Waals surface area contributed by atoms with Crippen molar-refractivity contribution in [3.8, 4) is 5.88 Å². The van der Waals surface area contributed by atoms with Crippen LogP contribution in [-0.4, -0.2) is 46.4 Å². The second-order valence-corrected chi connectivity index (χ2v) is 4.25. The molecule has 9 heteroatoms. The van der Waals surface area contributed by atoms with Crippen LogP contribution in [0.5, 0.6) is 5.88 Å². The van der Waals surface area contributed by atoms with Gasteiger partial charge in [-0.15, -0.1) is 0 Å². The summed E-state index contributed by atoms with van der Waals surface area (Å²) in [7, 11) is 0. The molecular formula is C11H14F3N3O3. The highest BCUT2D eigenvalue weighted by Crippen LogP contribution is 2.21. The van der Waals surface area contributed by atoms with E-state index in [1.54, 1.807) is 13.8 Å². The van der Waals surface area contributed by atoms with Crippen LogP contribution in [0.15, 0.2) is 12.4 Å². The molecule has 1 rings (SSSR count). The number of aliphatic carboxylic acids is 1. The van der Waals surface area contributed by atoms with Gasteiger partial charge in [-0.3, -0.25) is 9.78 Å². The molecule has 1 aromatic heterocycles. The van der Waals surface area contributed by atoms with Crippen LogP contribution in [0.25, 0.3) is 0 Å². The molecule has 0 saturated heterocycles. The first-order valence-electron chi connectivity index (χ1n) is 5.69. The van der Waals surface area contributed by atoms with Crippen molar-refractivity contribution in [3.05, 3.63) is 12.4 Å². The number of hydrogen-bond acceptors (Lipinski definition) is 5. The van der Waals surface area contributed by atoms with Crippen molar-refractivity contribution in [2.45, 2.75) is 26.1 Å². The van der Waals surface area contributed by atoms with Crippen LogP contribution in [0.4, 0.5) is 19.0 Å². The Morgan fingerprint density at radius 1 is 1.45 bits per heavy atom. The standard InChI is InChI=1S/C11H14F3N3O3/c1-7(2)20-9-4-15-3-8(16-9)17(5-10(18)19)6-11(12,13)14/h3-4,7H,5-6H2,1-2H3,(H,18,19). The Morgan fingerprint density at radius 2 is 2.10 bits per heavy atom. The molecule has 112 valence electrons. The largest absolute Gasteiger partial charge is 0.480 e. The number of carboxylic acid groups (broad SMARTS) is 1. The van der Waals surface area contributed by atoms with Crippen LogP contribution >= 0.6 is 0 Å². The molecule has 0 bridgehead atoms. The Hall–Kier alpha value is -2.06. The zero-order chi connectivity index (χ0) is 15.3. The van der Waals surface area contributed by atoms with Crippen LogP contribution in [-0.2, 0) is 4.79 Å². The quantitative estimate of drug-likeness (QED) is 0.860. The van der Waals surface area contributed by atoms with E-state index in [1.165, 1.54) is 6.20 Å². The minimum atomic E-state index is -4.55. The molecule has 1 heterocycles. The molecule has 0 atom stereocenters. The van der Waals surface area contributed by atoms with E-state index in [0.29, 0.717) is 4.90 Å². The Kier molecular flexibility index (Phi) is 5.12. The number of carbonyl (C=O) groups is 1. The molecule has 0 aliphatic rings. The average Bonchev–Trinajstić information content (AvgIpc) is 2.25. The summed E-state index contributed by atoms with van der Waals surface area (Å²) in [6.07, 6.45) is -2.47. The summed E-state index contributed by atoms with van der Waals surface area (Å²) in [5, 5.41) is 8.67. The topological polar surface area (TPSA) is 75.5 Å². The third kappa shape index (κ3) is 5.72. The lowest BCUT2D eigenvalue weighted by Crippen LogP contribution is -2.38. The van der Waals surface area contributed by atoms with Crippen molar-refractivity contribution < 1.29 is 27.8 Å². The molecule has 1 aromatic rings. The maximum atomic E-state index is 12.4. The highest BCUT2D eigenvalue weighted by atomic mass is 19.4. The average molecular weight is 293 g/mol. The summed E-state index contributed by atoms with van der Waals surface area (Å²) in [5.74, 6) is -1.57. The molecule has 0 saturated carbocycles. The molecule has 0 aromatic carbocycles. The Morgan fingerprint density at radius 3 is 2.60 bits per heavy atom. The van der Waals surface area contributed by atoms with Gasteiger partial charge in [0.05, 0.1) is 18.5 Å². The number of aromatic nitrogens is 2. The van der Waals surface area contributed by atoms with Crippen LogP contribution in [0, 0.1) is 0 Å². The fourth-order valence-corrected chi connectivity index (χ4v) is 1.39. The number of carboxylic acids is 1. The number of rotatable bonds is 6. The SMILES string of the molecule is CC(C)Oc1cncc(N(CC(=O)O)CC(F)(F)F)n1. The number of alkyl halides is 3. The molecule has 0 unspecified atom stereocenters. The van der Waals surface area contributed by atoms with E-state index >= 15 is 0 Å². The minimum absolute atomic E-state index is 0.0371. The first-order chi connectivity index (χ1) is 9.17. The van der Waals surface area contributed by atoms with Gasteiger partial charge in [0.25, 0.3) is 0 Å². The van der Waals surface area contributed by atoms with Gasteiger partial charge in [0.1, 0.15) is 13.1 Å². The monoisotopic (exact) mass is 293 g/mol. The predicted octanol–water partition coefficient (Wildman–Crippen LogP) is 1.72. The maximum Gasteiger partial charge on any atom is 0.405 e. The van der Waals surface area contributed by atoms with Gasteiger partial charge < -0.3 is 14.7 Å². The lowest BCUT2D eigenvalue weighted by molar-refractivity contribution is -0.136.